The predicted molar refractivity (Wildman–Crippen MR) is 83.1 cm³/mol. The van der Waals surface area contributed by atoms with Crippen molar-refractivity contribution in [3.8, 4) is 5.75 Å². The Morgan fingerprint density at radius 2 is 1.90 bits per heavy atom. The molecular weight excluding hydrogens is 250 g/mol. The van der Waals surface area contributed by atoms with Crippen LogP contribution >= 0.6 is 0 Å². The molecule has 2 aromatic rings. The minimum absolute atomic E-state index is 0.0639. The highest BCUT2D eigenvalue weighted by atomic mass is 16.5. The Hall–Kier alpha value is -1.58. The molecule has 0 radical (unpaired) electrons. The van der Waals surface area contributed by atoms with Gasteiger partial charge in [-0.25, -0.2) is 0 Å². The second-order valence-electron chi connectivity index (χ2n) is 5.79. The molecule has 0 bridgehead atoms. The van der Waals surface area contributed by atoms with Crippen molar-refractivity contribution in [3.63, 3.8) is 0 Å². The summed E-state index contributed by atoms with van der Waals surface area (Å²) < 4.78 is 5.40. The van der Waals surface area contributed by atoms with Crippen molar-refractivity contribution in [1.82, 2.24) is 5.32 Å². The van der Waals surface area contributed by atoms with Gasteiger partial charge in [-0.1, -0.05) is 36.4 Å². The molecule has 0 aliphatic carbocycles. The summed E-state index contributed by atoms with van der Waals surface area (Å²) in [5.74, 6) is 0.360. The van der Waals surface area contributed by atoms with Crippen LogP contribution < -0.4 is 5.32 Å². The van der Waals surface area contributed by atoms with Crippen LogP contribution in [0.3, 0.4) is 0 Å². The second-order valence-corrected chi connectivity index (χ2v) is 5.79. The van der Waals surface area contributed by atoms with Crippen molar-refractivity contribution in [2.24, 2.45) is 0 Å². The average Bonchev–Trinajstić information content (AvgIpc) is 2.45. The van der Waals surface area contributed by atoms with Crippen LogP contribution in [0.5, 0.6) is 5.75 Å². The molecule has 0 spiro atoms. The molecule has 1 atom stereocenters. The van der Waals surface area contributed by atoms with E-state index in [1.165, 1.54) is 0 Å². The Bertz CT molecular complexity index is 593. The maximum Gasteiger partial charge on any atom is 0.128 e. The van der Waals surface area contributed by atoms with E-state index in [1.807, 2.05) is 50.2 Å². The van der Waals surface area contributed by atoms with Gasteiger partial charge >= 0.3 is 0 Å². The molecule has 20 heavy (non-hydrogen) atoms. The molecule has 2 aromatic carbocycles. The van der Waals surface area contributed by atoms with Gasteiger partial charge in [0.05, 0.1) is 5.60 Å². The number of rotatable bonds is 5. The van der Waals surface area contributed by atoms with E-state index in [9.17, 15) is 5.11 Å². The number of nitrogens with one attached hydrogen (secondary N) is 1. The summed E-state index contributed by atoms with van der Waals surface area (Å²) in [4.78, 5) is 0. The Kier molecular flexibility index (Phi) is 4.31. The van der Waals surface area contributed by atoms with Crippen molar-refractivity contribution < 1.29 is 9.84 Å². The molecule has 0 fully saturated rings. The van der Waals surface area contributed by atoms with Gasteiger partial charge in [0.25, 0.3) is 0 Å². The number of hydrogen-bond donors (Lipinski definition) is 2. The van der Waals surface area contributed by atoms with Crippen LogP contribution in [0, 0.1) is 0 Å². The van der Waals surface area contributed by atoms with Crippen molar-refractivity contribution in [2.75, 3.05) is 13.7 Å². The van der Waals surface area contributed by atoms with Crippen molar-refractivity contribution in [3.05, 3.63) is 42.0 Å². The van der Waals surface area contributed by atoms with E-state index in [2.05, 4.69) is 12.2 Å². The van der Waals surface area contributed by atoms with E-state index in [0.717, 1.165) is 22.9 Å². The maximum atomic E-state index is 10.4. The third kappa shape index (κ3) is 3.11. The first-order chi connectivity index (χ1) is 9.44. The zero-order valence-corrected chi connectivity index (χ0v) is 12.6. The number of phenolic OH excluding ortho intramolecular Hbond substituents is 1. The normalized spacial score (nSPS) is 13.6. The first kappa shape index (κ1) is 14.8. The fraction of sp³-hybridized carbons (Fsp3) is 0.412. The third-order valence-electron chi connectivity index (χ3n) is 3.78. The van der Waals surface area contributed by atoms with Crippen LogP contribution in [-0.2, 0) is 4.74 Å². The number of hydrogen-bond acceptors (Lipinski definition) is 3. The Morgan fingerprint density at radius 3 is 2.60 bits per heavy atom. The van der Waals surface area contributed by atoms with Gasteiger partial charge in [-0.05, 0) is 26.2 Å². The lowest BCUT2D eigenvalue weighted by Crippen LogP contribution is -2.37. The van der Waals surface area contributed by atoms with Crippen LogP contribution in [0.25, 0.3) is 10.8 Å². The van der Waals surface area contributed by atoms with Gasteiger partial charge in [0.15, 0.2) is 0 Å². The van der Waals surface area contributed by atoms with Crippen molar-refractivity contribution >= 4 is 10.8 Å². The number of methoxy groups -OCH3 is 1. The largest absolute Gasteiger partial charge is 0.507 e. The quantitative estimate of drug-likeness (QED) is 0.874. The van der Waals surface area contributed by atoms with E-state index in [4.69, 9.17) is 4.74 Å². The lowest BCUT2D eigenvalue weighted by atomic mass is 10.0. The van der Waals surface area contributed by atoms with Crippen molar-refractivity contribution in [1.29, 1.82) is 0 Å². The van der Waals surface area contributed by atoms with Crippen LogP contribution in [0.4, 0.5) is 0 Å². The molecule has 2 N–H and O–H groups in total. The summed E-state index contributed by atoms with van der Waals surface area (Å²) in [5, 5.41) is 15.8. The third-order valence-corrected chi connectivity index (χ3v) is 3.78. The molecule has 108 valence electrons. The number of aromatic hydroxyl groups is 1. The summed E-state index contributed by atoms with van der Waals surface area (Å²) >= 11 is 0. The number of benzene rings is 2. The highest BCUT2D eigenvalue weighted by Gasteiger charge is 2.19. The molecule has 0 saturated carbocycles. The molecule has 1 unspecified atom stereocenters. The summed E-state index contributed by atoms with van der Waals surface area (Å²) in [6, 6.07) is 12.0. The van der Waals surface area contributed by atoms with E-state index in [0.29, 0.717) is 5.75 Å². The molecule has 2 rings (SSSR count). The van der Waals surface area contributed by atoms with E-state index in [1.54, 1.807) is 7.11 Å². The fourth-order valence-electron chi connectivity index (χ4n) is 2.20. The van der Waals surface area contributed by atoms with Crippen LogP contribution in [0.2, 0.25) is 0 Å². The molecule has 0 aliphatic heterocycles. The standard InChI is InChI=1S/C17H23NO2/c1-12(18-11-17(2,3)20-4)14-10-9-13-7-5-6-8-15(13)16(14)19/h5-10,12,18-19H,11H2,1-4H3. The zero-order chi connectivity index (χ0) is 14.8. The monoisotopic (exact) mass is 273 g/mol. The minimum atomic E-state index is -0.222. The van der Waals surface area contributed by atoms with Gasteiger partial charge in [0, 0.05) is 30.6 Å². The van der Waals surface area contributed by atoms with E-state index < -0.39 is 0 Å². The summed E-state index contributed by atoms with van der Waals surface area (Å²) in [6.45, 7) is 6.84. The molecular formula is C17H23NO2. The number of fused-ring (bicyclic) bond motifs is 1. The fourth-order valence-corrected chi connectivity index (χ4v) is 2.20. The lowest BCUT2D eigenvalue weighted by molar-refractivity contribution is 0.0214. The van der Waals surface area contributed by atoms with Crippen LogP contribution in [0.15, 0.2) is 36.4 Å². The average molecular weight is 273 g/mol. The first-order valence-electron chi connectivity index (χ1n) is 6.94. The zero-order valence-electron chi connectivity index (χ0n) is 12.6. The SMILES string of the molecule is COC(C)(C)CNC(C)c1ccc2ccccc2c1O. The molecule has 0 amide bonds. The van der Waals surface area contributed by atoms with Gasteiger partial charge in [0.2, 0.25) is 0 Å². The molecule has 3 nitrogen and oxygen atoms in total. The highest BCUT2D eigenvalue weighted by molar-refractivity contribution is 5.89. The molecule has 0 saturated heterocycles. The second kappa shape index (κ2) is 5.81. The topological polar surface area (TPSA) is 41.5 Å². The van der Waals surface area contributed by atoms with Crippen LogP contribution in [0.1, 0.15) is 32.4 Å². The number of phenols is 1. The highest BCUT2D eigenvalue weighted by Crippen LogP contribution is 2.32. The van der Waals surface area contributed by atoms with Gasteiger partial charge in [0.1, 0.15) is 5.75 Å². The van der Waals surface area contributed by atoms with Crippen molar-refractivity contribution in [2.45, 2.75) is 32.4 Å². The lowest BCUT2D eigenvalue weighted by Gasteiger charge is -2.26. The smallest absolute Gasteiger partial charge is 0.128 e. The van der Waals surface area contributed by atoms with E-state index in [-0.39, 0.29) is 11.6 Å². The Balaban J connectivity index is 2.22. The number of ether oxygens (including phenoxy) is 1. The van der Waals surface area contributed by atoms with Gasteiger partial charge in [-0.15, -0.1) is 0 Å². The summed E-state index contributed by atoms with van der Waals surface area (Å²) in [6.07, 6.45) is 0. The van der Waals surface area contributed by atoms with E-state index >= 15 is 0 Å². The Morgan fingerprint density at radius 1 is 1.20 bits per heavy atom. The molecule has 0 heterocycles. The minimum Gasteiger partial charge on any atom is -0.507 e. The molecule has 0 aromatic heterocycles. The first-order valence-corrected chi connectivity index (χ1v) is 6.94. The van der Waals surface area contributed by atoms with Gasteiger partial charge < -0.3 is 15.2 Å². The van der Waals surface area contributed by atoms with Crippen LogP contribution in [-0.4, -0.2) is 24.4 Å². The summed E-state index contributed by atoms with van der Waals surface area (Å²) in [5.41, 5.74) is 0.691. The Labute approximate surface area is 120 Å². The van der Waals surface area contributed by atoms with Gasteiger partial charge in [-0.2, -0.15) is 0 Å². The maximum absolute atomic E-state index is 10.4. The molecule has 0 aliphatic rings. The van der Waals surface area contributed by atoms with Gasteiger partial charge in [-0.3, -0.25) is 0 Å². The molecule has 3 heteroatoms. The summed E-state index contributed by atoms with van der Waals surface area (Å²) in [7, 11) is 1.71. The predicted octanol–water partition coefficient (Wildman–Crippen LogP) is 3.62.